The molecule has 0 spiro atoms. The highest BCUT2D eigenvalue weighted by molar-refractivity contribution is 7.57. The monoisotopic (exact) mass is 270 g/mol. The second-order valence-corrected chi connectivity index (χ2v) is 4.98. The lowest BCUT2D eigenvalue weighted by atomic mass is 10.1. The molecule has 1 amide bonds. The van der Waals surface area contributed by atoms with E-state index in [1.807, 2.05) is 5.09 Å². The lowest BCUT2D eigenvalue weighted by Gasteiger charge is -2.05. The van der Waals surface area contributed by atoms with Crippen LogP contribution in [0, 0.1) is 10.1 Å². The van der Waals surface area contributed by atoms with Gasteiger partial charge in [-0.15, -0.1) is 0 Å². The molecule has 96 valence electrons. The summed E-state index contributed by atoms with van der Waals surface area (Å²) in [5.74, 6) is -0.790. The average molecular weight is 270 g/mol. The normalized spacial score (nSPS) is 11.4. The molecule has 0 saturated heterocycles. The van der Waals surface area contributed by atoms with Crippen LogP contribution in [-0.2, 0) is 9.36 Å². The van der Waals surface area contributed by atoms with Crippen LogP contribution in [0.4, 0.5) is 5.69 Å². The average Bonchev–Trinajstić information content (AvgIpc) is 2.24. The Morgan fingerprint density at radius 3 is 2.56 bits per heavy atom. The van der Waals surface area contributed by atoms with E-state index in [-0.39, 0.29) is 11.3 Å². The molecule has 0 bridgehead atoms. The minimum Gasteiger partial charge on any atom is -0.280 e. The molecule has 0 unspecified atom stereocenters. The molecule has 9 heteroatoms. The summed E-state index contributed by atoms with van der Waals surface area (Å²) in [6, 6.07) is 5.85. The number of hydrogen-bond acceptors (Lipinski definition) is 4. The van der Waals surface area contributed by atoms with Gasteiger partial charge in [0.2, 0.25) is 0 Å². The van der Waals surface area contributed by atoms with Gasteiger partial charge in [-0.05, 0) is 12.1 Å². The van der Waals surface area contributed by atoms with Gasteiger partial charge in [0.05, 0.1) is 10.5 Å². The smallest absolute Gasteiger partial charge is 0.280 e. The summed E-state index contributed by atoms with van der Waals surface area (Å²) in [6.07, 6.45) is 2.18. The molecule has 0 radical (unpaired) electrons. The Labute approximate surface area is 102 Å². The van der Waals surface area contributed by atoms with Crippen molar-refractivity contribution in [2.45, 2.75) is 0 Å². The Hall–Kier alpha value is -2.02. The first-order valence-electron chi connectivity index (χ1n) is 4.70. The predicted octanol–water partition coefficient (Wildman–Crippen LogP) is 0.750. The van der Waals surface area contributed by atoms with Crippen molar-refractivity contribution < 1.29 is 14.3 Å². The van der Waals surface area contributed by atoms with Crippen molar-refractivity contribution in [3.05, 3.63) is 46.0 Å². The van der Waals surface area contributed by atoms with E-state index in [1.165, 1.54) is 24.3 Å². The van der Waals surface area contributed by atoms with Gasteiger partial charge in [-0.1, -0.05) is 12.1 Å². The van der Waals surface area contributed by atoms with Crippen molar-refractivity contribution in [3.63, 3.8) is 0 Å². The van der Waals surface area contributed by atoms with E-state index in [9.17, 15) is 19.5 Å². The fraction of sp³-hybridized carbons (Fsp3) is 0. The number of nitrogens with two attached hydrogens (primary N) is 2. The molecule has 18 heavy (non-hydrogen) atoms. The number of amides is 1. The first-order chi connectivity index (χ1) is 8.29. The quantitative estimate of drug-likeness (QED) is 0.319. The van der Waals surface area contributed by atoms with Crippen molar-refractivity contribution in [3.8, 4) is 0 Å². The minimum atomic E-state index is -3.66. The summed E-state index contributed by atoms with van der Waals surface area (Å²) in [7, 11) is -3.66. The summed E-state index contributed by atoms with van der Waals surface area (Å²) < 4.78 is 10.9. The Balaban J connectivity index is 2.88. The Bertz CT molecular complexity index is 551. The number of para-hydroxylation sites is 1. The van der Waals surface area contributed by atoms with Gasteiger partial charge in [0, 0.05) is 12.1 Å². The summed E-state index contributed by atoms with van der Waals surface area (Å²) in [5.41, 5.74) is 9.98. The topological polar surface area (TPSA) is 141 Å². The summed E-state index contributed by atoms with van der Waals surface area (Å²) in [4.78, 5) is 21.3. The Morgan fingerprint density at radius 1 is 1.39 bits per heavy atom. The van der Waals surface area contributed by atoms with Gasteiger partial charge < -0.3 is 0 Å². The van der Waals surface area contributed by atoms with Gasteiger partial charge in [0.15, 0.2) is 0 Å². The number of nitro benzene ring substituents is 1. The molecular weight excluding hydrogens is 259 g/mol. The minimum absolute atomic E-state index is 0.148. The lowest BCUT2D eigenvalue weighted by molar-refractivity contribution is -0.385. The maximum absolute atomic E-state index is 11.2. The standard InChI is InChI=1S/C9H11N4O4P/c10-18(11,17)12-9(14)6-5-7-3-1-2-4-8(7)13(15)16/h1-6H,(H5,10,11,12,14,17). The molecule has 0 fully saturated rings. The molecule has 0 aromatic heterocycles. The van der Waals surface area contributed by atoms with Crippen LogP contribution in [0.3, 0.4) is 0 Å². The number of hydrogen-bond donors (Lipinski definition) is 3. The van der Waals surface area contributed by atoms with Gasteiger partial charge in [-0.2, -0.15) is 0 Å². The van der Waals surface area contributed by atoms with Crippen LogP contribution >= 0.6 is 7.59 Å². The second-order valence-electron chi connectivity index (χ2n) is 3.33. The molecule has 5 N–H and O–H groups in total. The number of benzene rings is 1. The van der Waals surface area contributed by atoms with E-state index in [2.05, 4.69) is 0 Å². The van der Waals surface area contributed by atoms with Gasteiger partial charge in [-0.3, -0.25) is 35.6 Å². The summed E-state index contributed by atoms with van der Waals surface area (Å²) >= 11 is 0. The van der Waals surface area contributed by atoms with Crippen LogP contribution in [0.25, 0.3) is 6.08 Å². The zero-order valence-corrected chi connectivity index (χ0v) is 10.0. The molecule has 1 aromatic carbocycles. The van der Waals surface area contributed by atoms with E-state index < -0.39 is 18.4 Å². The SMILES string of the molecule is NP(N)(=O)NC(=O)C=Cc1ccccc1[N+](=O)[O-]. The molecular formula is C9H11N4O4P. The number of nitrogens with one attached hydrogen (secondary N) is 1. The molecule has 0 aliphatic carbocycles. The summed E-state index contributed by atoms with van der Waals surface area (Å²) in [5, 5.41) is 12.5. The number of nitro groups is 1. The molecule has 1 rings (SSSR count). The Morgan fingerprint density at radius 2 is 2.00 bits per heavy atom. The molecule has 0 aliphatic heterocycles. The van der Waals surface area contributed by atoms with E-state index in [0.29, 0.717) is 0 Å². The summed E-state index contributed by atoms with van der Waals surface area (Å²) in [6.45, 7) is 0. The van der Waals surface area contributed by atoms with Crippen molar-refractivity contribution in [1.29, 1.82) is 0 Å². The second kappa shape index (κ2) is 5.54. The maximum Gasteiger partial charge on any atom is 0.300 e. The highest BCUT2D eigenvalue weighted by atomic mass is 31.2. The van der Waals surface area contributed by atoms with Crippen LogP contribution in [0.1, 0.15) is 5.56 Å². The molecule has 0 heterocycles. The number of carbonyl (C=O) groups is 1. The fourth-order valence-electron chi connectivity index (χ4n) is 1.17. The number of nitrogens with zero attached hydrogens (tertiary/aromatic N) is 1. The van der Waals surface area contributed by atoms with Crippen LogP contribution in [0.5, 0.6) is 0 Å². The van der Waals surface area contributed by atoms with Crippen LogP contribution in [-0.4, -0.2) is 10.8 Å². The third-order valence-electron chi connectivity index (χ3n) is 1.83. The van der Waals surface area contributed by atoms with E-state index in [1.54, 1.807) is 6.07 Å². The van der Waals surface area contributed by atoms with Crippen LogP contribution in [0.15, 0.2) is 30.3 Å². The molecule has 1 aromatic rings. The first kappa shape index (κ1) is 14.0. The van der Waals surface area contributed by atoms with E-state index >= 15 is 0 Å². The van der Waals surface area contributed by atoms with Crippen molar-refractivity contribution >= 4 is 25.3 Å². The zero-order chi connectivity index (χ0) is 13.8. The van der Waals surface area contributed by atoms with Gasteiger partial charge in [0.1, 0.15) is 0 Å². The van der Waals surface area contributed by atoms with E-state index in [4.69, 9.17) is 11.0 Å². The lowest BCUT2D eigenvalue weighted by Crippen LogP contribution is -2.26. The maximum atomic E-state index is 11.2. The highest BCUT2D eigenvalue weighted by Crippen LogP contribution is 2.20. The van der Waals surface area contributed by atoms with Crippen molar-refractivity contribution in [1.82, 2.24) is 5.09 Å². The van der Waals surface area contributed by atoms with Gasteiger partial charge in [-0.25, -0.2) is 0 Å². The highest BCUT2D eigenvalue weighted by Gasteiger charge is 2.12. The number of carbonyl (C=O) groups excluding carboxylic acids is 1. The van der Waals surface area contributed by atoms with Crippen molar-refractivity contribution in [2.75, 3.05) is 0 Å². The molecule has 0 aliphatic rings. The zero-order valence-electron chi connectivity index (χ0n) is 9.15. The predicted molar refractivity (Wildman–Crippen MR) is 66.3 cm³/mol. The third-order valence-corrected chi connectivity index (χ3v) is 2.40. The first-order valence-corrected chi connectivity index (χ1v) is 6.55. The largest absolute Gasteiger partial charge is 0.300 e. The fourth-order valence-corrected chi connectivity index (χ4v) is 1.59. The van der Waals surface area contributed by atoms with Crippen molar-refractivity contribution in [2.24, 2.45) is 11.0 Å². The van der Waals surface area contributed by atoms with Gasteiger partial charge >= 0.3 is 7.59 Å². The number of rotatable bonds is 4. The Kier molecular flexibility index (Phi) is 4.33. The van der Waals surface area contributed by atoms with Crippen LogP contribution in [0.2, 0.25) is 0 Å². The van der Waals surface area contributed by atoms with E-state index in [0.717, 1.165) is 6.08 Å². The van der Waals surface area contributed by atoms with Gasteiger partial charge in [0.25, 0.3) is 11.6 Å². The molecule has 0 saturated carbocycles. The van der Waals surface area contributed by atoms with Crippen LogP contribution < -0.4 is 16.1 Å². The molecule has 8 nitrogen and oxygen atoms in total. The molecule has 0 atom stereocenters. The third kappa shape index (κ3) is 4.46.